The van der Waals surface area contributed by atoms with E-state index < -0.39 is 14.6 Å². The van der Waals surface area contributed by atoms with E-state index >= 15 is 0 Å². The monoisotopic (exact) mass is 280 g/mol. The average molecular weight is 280 g/mol. The van der Waals surface area contributed by atoms with Crippen molar-refractivity contribution in [2.75, 3.05) is 24.2 Å². The van der Waals surface area contributed by atoms with Gasteiger partial charge in [-0.05, 0) is 45.0 Å². The summed E-state index contributed by atoms with van der Waals surface area (Å²) in [5.41, 5.74) is 1.50. The summed E-state index contributed by atoms with van der Waals surface area (Å²) in [5, 5.41) is 8.72. The molecule has 5 heteroatoms. The van der Waals surface area contributed by atoms with E-state index in [4.69, 9.17) is 5.26 Å². The number of rotatable bonds is 4. The fourth-order valence-electron chi connectivity index (χ4n) is 1.48. The number of anilines is 1. The van der Waals surface area contributed by atoms with Crippen LogP contribution in [0.4, 0.5) is 5.69 Å². The highest BCUT2D eigenvalue weighted by molar-refractivity contribution is 7.92. The van der Waals surface area contributed by atoms with Crippen LogP contribution in [0.5, 0.6) is 0 Å². The quantitative estimate of drug-likeness (QED) is 0.848. The molecule has 0 radical (unpaired) electrons. The van der Waals surface area contributed by atoms with E-state index in [2.05, 4.69) is 6.07 Å². The predicted molar refractivity (Wildman–Crippen MR) is 78.0 cm³/mol. The van der Waals surface area contributed by atoms with Gasteiger partial charge in [0, 0.05) is 19.3 Å². The summed E-state index contributed by atoms with van der Waals surface area (Å²) in [6, 6.07) is 9.15. The second-order valence-electron chi connectivity index (χ2n) is 5.51. The molecule has 0 heterocycles. The molecule has 0 spiro atoms. The molecule has 0 unspecified atom stereocenters. The molecule has 1 rings (SSSR count). The Morgan fingerprint density at radius 2 is 1.74 bits per heavy atom. The number of hydrogen-bond donors (Lipinski definition) is 0. The fourth-order valence-corrected chi connectivity index (χ4v) is 2.61. The van der Waals surface area contributed by atoms with Gasteiger partial charge in [-0.3, -0.25) is 0 Å². The van der Waals surface area contributed by atoms with Crippen molar-refractivity contribution in [3.05, 3.63) is 29.8 Å². The van der Waals surface area contributed by atoms with E-state index in [9.17, 15) is 8.42 Å². The van der Waals surface area contributed by atoms with Crippen LogP contribution in [-0.4, -0.2) is 32.5 Å². The van der Waals surface area contributed by atoms with Gasteiger partial charge in [-0.25, -0.2) is 8.42 Å². The Labute approximate surface area is 115 Å². The lowest BCUT2D eigenvalue weighted by Gasteiger charge is -2.23. The maximum atomic E-state index is 12.0. The largest absolute Gasteiger partial charge is 0.374 e. The van der Waals surface area contributed by atoms with Gasteiger partial charge in [0.1, 0.15) is 0 Å². The summed E-state index contributed by atoms with van der Waals surface area (Å²) in [6.45, 7) is 5.57. The second-order valence-corrected chi connectivity index (χ2v) is 8.37. The van der Waals surface area contributed by atoms with Crippen molar-refractivity contribution >= 4 is 15.5 Å². The summed E-state index contributed by atoms with van der Waals surface area (Å²) in [7, 11) is -1.26. The van der Waals surface area contributed by atoms with Crippen LogP contribution in [0.3, 0.4) is 0 Å². The lowest BCUT2D eigenvalue weighted by Crippen LogP contribution is -2.35. The third-order valence-electron chi connectivity index (χ3n) is 3.07. The summed E-state index contributed by atoms with van der Waals surface area (Å²) in [5.74, 6) is 0.118. The fraction of sp³-hybridized carbons (Fsp3) is 0.500. The SMILES string of the molecule is CN(CCS(=O)(=O)C(C)(C)C)c1ccc(C#N)cc1. The first-order valence-electron chi connectivity index (χ1n) is 6.11. The van der Waals surface area contributed by atoms with Crippen molar-refractivity contribution in [3.8, 4) is 6.07 Å². The number of benzene rings is 1. The standard InChI is InChI=1S/C14H20N2O2S/c1-14(2,3)19(17,18)10-9-16(4)13-7-5-12(11-15)6-8-13/h5-8H,9-10H2,1-4H3. The highest BCUT2D eigenvalue weighted by atomic mass is 32.2. The van der Waals surface area contributed by atoms with Gasteiger partial charge in [-0.15, -0.1) is 0 Å². The lowest BCUT2D eigenvalue weighted by atomic mass is 10.2. The van der Waals surface area contributed by atoms with Crippen molar-refractivity contribution < 1.29 is 8.42 Å². The molecule has 1 aromatic rings. The first kappa shape index (κ1) is 15.5. The van der Waals surface area contributed by atoms with Crippen molar-refractivity contribution in [1.82, 2.24) is 0 Å². The molecule has 0 aromatic heterocycles. The van der Waals surface area contributed by atoms with Crippen molar-refractivity contribution in [2.45, 2.75) is 25.5 Å². The molecule has 4 nitrogen and oxygen atoms in total. The lowest BCUT2D eigenvalue weighted by molar-refractivity contribution is 0.559. The maximum absolute atomic E-state index is 12.0. The summed E-state index contributed by atoms with van der Waals surface area (Å²) >= 11 is 0. The molecule has 0 saturated heterocycles. The molecule has 0 aliphatic heterocycles. The van der Waals surface area contributed by atoms with E-state index in [1.807, 2.05) is 24.1 Å². The van der Waals surface area contributed by atoms with Gasteiger partial charge in [-0.2, -0.15) is 5.26 Å². The average Bonchev–Trinajstić information content (AvgIpc) is 2.35. The van der Waals surface area contributed by atoms with Crippen LogP contribution in [0.1, 0.15) is 26.3 Å². The molecular weight excluding hydrogens is 260 g/mol. The molecule has 1 aromatic carbocycles. The highest BCUT2D eigenvalue weighted by Gasteiger charge is 2.28. The number of sulfone groups is 1. The number of hydrogen-bond acceptors (Lipinski definition) is 4. The molecule has 0 aliphatic carbocycles. The molecule has 0 atom stereocenters. The first-order chi connectivity index (χ1) is 8.67. The van der Waals surface area contributed by atoms with E-state index in [0.29, 0.717) is 12.1 Å². The van der Waals surface area contributed by atoms with Gasteiger partial charge in [0.25, 0.3) is 0 Å². The molecule has 0 N–H and O–H groups in total. The first-order valence-corrected chi connectivity index (χ1v) is 7.76. The molecule has 0 fully saturated rings. The van der Waals surface area contributed by atoms with E-state index in [1.54, 1.807) is 32.9 Å². The molecule has 0 aliphatic rings. The second kappa shape index (κ2) is 5.62. The smallest absolute Gasteiger partial charge is 0.156 e. The van der Waals surface area contributed by atoms with Crippen LogP contribution in [0, 0.1) is 11.3 Å². The van der Waals surface area contributed by atoms with Gasteiger partial charge in [-0.1, -0.05) is 0 Å². The number of nitrogens with zero attached hydrogens (tertiary/aromatic N) is 2. The van der Waals surface area contributed by atoms with Crippen LogP contribution in [0.25, 0.3) is 0 Å². The van der Waals surface area contributed by atoms with Crippen LogP contribution < -0.4 is 4.90 Å². The minimum absolute atomic E-state index is 0.118. The molecular formula is C14H20N2O2S. The maximum Gasteiger partial charge on any atom is 0.156 e. The van der Waals surface area contributed by atoms with Crippen molar-refractivity contribution in [1.29, 1.82) is 5.26 Å². The molecule has 0 amide bonds. The van der Waals surface area contributed by atoms with Gasteiger partial charge in [0.2, 0.25) is 0 Å². The Morgan fingerprint density at radius 3 is 2.16 bits per heavy atom. The van der Waals surface area contributed by atoms with Crippen LogP contribution in [0.15, 0.2) is 24.3 Å². The minimum Gasteiger partial charge on any atom is -0.374 e. The highest BCUT2D eigenvalue weighted by Crippen LogP contribution is 2.18. The van der Waals surface area contributed by atoms with Crippen LogP contribution >= 0.6 is 0 Å². The predicted octanol–water partition coefficient (Wildman–Crippen LogP) is 2.21. The van der Waals surface area contributed by atoms with Gasteiger partial charge >= 0.3 is 0 Å². The van der Waals surface area contributed by atoms with Crippen LogP contribution in [0.2, 0.25) is 0 Å². The molecule has 0 saturated carbocycles. The summed E-state index contributed by atoms with van der Waals surface area (Å²) in [6.07, 6.45) is 0. The zero-order valence-electron chi connectivity index (χ0n) is 11.8. The Balaban J connectivity index is 2.71. The van der Waals surface area contributed by atoms with Gasteiger partial charge < -0.3 is 4.90 Å². The van der Waals surface area contributed by atoms with Crippen LogP contribution in [-0.2, 0) is 9.84 Å². The molecule has 104 valence electrons. The summed E-state index contributed by atoms with van der Waals surface area (Å²) in [4.78, 5) is 1.88. The topological polar surface area (TPSA) is 61.2 Å². The van der Waals surface area contributed by atoms with Gasteiger partial charge in [0.15, 0.2) is 9.84 Å². The minimum atomic E-state index is -3.11. The Morgan fingerprint density at radius 1 is 1.21 bits per heavy atom. The van der Waals surface area contributed by atoms with E-state index in [0.717, 1.165) is 5.69 Å². The normalized spacial score (nSPS) is 11.9. The molecule has 19 heavy (non-hydrogen) atoms. The van der Waals surface area contributed by atoms with E-state index in [-0.39, 0.29) is 5.75 Å². The Bertz CT molecular complexity index is 563. The zero-order chi connectivity index (χ0) is 14.7. The molecule has 0 bridgehead atoms. The van der Waals surface area contributed by atoms with Crippen molar-refractivity contribution in [2.24, 2.45) is 0 Å². The van der Waals surface area contributed by atoms with E-state index in [1.165, 1.54) is 0 Å². The summed E-state index contributed by atoms with van der Waals surface area (Å²) < 4.78 is 23.3. The zero-order valence-corrected chi connectivity index (χ0v) is 12.7. The third kappa shape index (κ3) is 3.97. The number of nitriles is 1. The third-order valence-corrected chi connectivity index (χ3v) is 5.65. The van der Waals surface area contributed by atoms with Gasteiger partial charge in [0.05, 0.1) is 22.1 Å². The van der Waals surface area contributed by atoms with Crippen molar-refractivity contribution in [3.63, 3.8) is 0 Å². The Kier molecular flexibility index (Phi) is 4.59. The Hall–Kier alpha value is -1.54.